The van der Waals surface area contributed by atoms with Gasteiger partial charge in [0, 0.05) is 42.7 Å². The van der Waals surface area contributed by atoms with E-state index in [2.05, 4.69) is 40.2 Å². The largest absolute Gasteiger partial charge is 0.371 e. The van der Waals surface area contributed by atoms with Crippen molar-refractivity contribution in [1.29, 1.82) is 0 Å². The normalized spacial score (nSPS) is 25.5. The van der Waals surface area contributed by atoms with Crippen molar-refractivity contribution in [2.45, 2.75) is 18.6 Å². The van der Waals surface area contributed by atoms with Gasteiger partial charge in [-0.05, 0) is 23.8 Å². The van der Waals surface area contributed by atoms with Crippen molar-refractivity contribution in [1.82, 2.24) is 0 Å². The number of thioether (sulfide) groups is 1. The van der Waals surface area contributed by atoms with E-state index in [4.69, 9.17) is 9.47 Å². The van der Waals surface area contributed by atoms with Crippen molar-refractivity contribution in [2.24, 2.45) is 4.99 Å². The third-order valence-corrected chi connectivity index (χ3v) is 5.27. The summed E-state index contributed by atoms with van der Waals surface area (Å²) in [6.45, 7) is 3.46. The van der Waals surface area contributed by atoms with Crippen molar-refractivity contribution in [3.8, 4) is 0 Å². The quantitative estimate of drug-likeness (QED) is 0.839. The number of benzene rings is 1. The first-order chi connectivity index (χ1) is 10.8. The summed E-state index contributed by atoms with van der Waals surface area (Å²) >= 11 is 1.78. The molecular formula is C17H20N2O2S. The molecule has 3 aliphatic heterocycles. The van der Waals surface area contributed by atoms with Crippen molar-refractivity contribution < 1.29 is 9.47 Å². The lowest BCUT2D eigenvalue weighted by molar-refractivity contribution is -0.169. The van der Waals surface area contributed by atoms with Crippen LogP contribution in [0.5, 0.6) is 0 Å². The summed E-state index contributed by atoms with van der Waals surface area (Å²) in [6.07, 6.45) is 6.04. The highest BCUT2D eigenvalue weighted by Gasteiger charge is 2.39. The van der Waals surface area contributed by atoms with E-state index in [-0.39, 0.29) is 5.79 Å². The van der Waals surface area contributed by atoms with Gasteiger partial charge in [0.15, 0.2) is 5.79 Å². The predicted octanol–water partition coefficient (Wildman–Crippen LogP) is 3.15. The zero-order valence-corrected chi connectivity index (χ0v) is 13.3. The summed E-state index contributed by atoms with van der Waals surface area (Å²) in [5, 5.41) is 0. The zero-order chi connectivity index (χ0) is 14.8. The highest BCUT2D eigenvalue weighted by molar-refractivity contribution is 8.04. The van der Waals surface area contributed by atoms with Crippen LogP contribution in [0.4, 0.5) is 5.69 Å². The Balaban J connectivity index is 1.41. The number of anilines is 1. The number of piperidine rings is 1. The minimum Gasteiger partial charge on any atom is -0.371 e. The van der Waals surface area contributed by atoms with E-state index in [1.807, 2.05) is 6.21 Å². The fourth-order valence-corrected chi connectivity index (χ4v) is 3.86. The van der Waals surface area contributed by atoms with Gasteiger partial charge in [-0.15, -0.1) is 11.8 Å². The molecular weight excluding hydrogens is 296 g/mol. The first kappa shape index (κ1) is 14.3. The van der Waals surface area contributed by atoms with Crippen LogP contribution in [0.2, 0.25) is 0 Å². The molecule has 2 saturated heterocycles. The van der Waals surface area contributed by atoms with Gasteiger partial charge < -0.3 is 14.4 Å². The standard InChI is InChI=1S/C17H20N2O2S/c1-3-15(4-2-14(1)11-16-12-18-13-22-16)19-7-5-17(6-8-19)20-9-10-21-17/h1-4,11-12H,5-10,13H2. The van der Waals surface area contributed by atoms with Crippen LogP contribution in [-0.2, 0) is 9.47 Å². The van der Waals surface area contributed by atoms with Crippen LogP contribution in [0.1, 0.15) is 18.4 Å². The van der Waals surface area contributed by atoms with Crippen LogP contribution in [0.25, 0.3) is 6.08 Å². The highest BCUT2D eigenvalue weighted by Crippen LogP contribution is 2.33. The Labute approximate surface area is 135 Å². The van der Waals surface area contributed by atoms with Crippen molar-refractivity contribution in [3.63, 3.8) is 0 Å². The Morgan fingerprint density at radius 3 is 2.45 bits per heavy atom. The van der Waals surface area contributed by atoms with Gasteiger partial charge in [0.05, 0.1) is 19.1 Å². The molecule has 0 amide bonds. The first-order valence-electron chi connectivity index (χ1n) is 7.80. The van der Waals surface area contributed by atoms with Gasteiger partial charge in [0.25, 0.3) is 0 Å². The molecule has 116 valence electrons. The third kappa shape index (κ3) is 2.93. The fraction of sp³-hybridized carbons (Fsp3) is 0.471. The predicted molar refractivity (Wildman–Crippen MR) is 91.5 cm³/mol. The Bertz CT molecular complexity index is 581. The molecule has 0 N–H and O–H groups in total. The maximum atomic E-state index is 5.79. The number of nitrogens with zero attached hydrogens (tertiary/aromatic N) is 2. The van der Waals surface area contributed by atoms with E-state index in [0.717, 1.165) is 45.0 Å². The average molecular weight is 316 g/mol. The number of hydrogen-bond acceptors (Lipinski definition) is 5. The Kier molecular flexibility index (Phi) is 3.94. The number of allylic oxidation sites excluding steroid dienone is 1. The van der Waals surface area contributed by atoms with E-state index in [0.29, 0.717) is 0 Å². The maximum absolute atomic E-state index is 5.79. The van der Waals surface area contributed by atoms with Crippen LogP contribution < -0.4 is 4.90 Å². The minimum atomic E-state index is -0.292. The lowest BCUT2D eigenvalue weighted by Crippen LogP contribution is -2.45. The molecule has 3 aliphatic rings. The lowest BCUT2D eigenvalue weighted by Gasteiger charge is -2.38. The third-order valence-electron chi connectivity index (χ3n) is 4.43. The maximum Gasteiger partial charge on any atom is 0.171 e. The smallest absolute Gasteiger partial charge is 0.171 e. The summed E-state index contributed by atoms with van der Waals surface area (Å²) in [5.41, 5.74) is 2.51. The molecule has 3 heterocycles. The number of hydrogen-bond donors (Lipinski definition) is 0. The summed E-state index contributed by atoms with van der Waals surface area (Å²) in [7, 11) is 0. The fourth-order valence-electron chi connectivity index (χ4n) is 3.19. The van der Waals surface area contributed by atoms with E-state index >= 15 is 0 Å². The van der Waals surface area contributed by atoms with Crippen LogP contribution in [0.15, 0.2) is 34.2 Å². The zero-order valence-electron chi connectivity index (χ0n) is 12.5. The van der Waals surface area contributed by atoms with Crippen molar-refractivity contribution in [2.75, 3.05) is 37.1 Å². The van der Waals surface area contributed by atoms with Gasteiger partial charge >= 0.3 is 0 Å². The second-order valence-electron chi connectivity index (χ2n) is 5.82. The van der Waals surface area contributed by atoms with E-state index in [1.54, 1.807) is 11.8 Å². The number of ether oxygens (including phenoxy) is 2. The molecule has 2 fully saturated rings. The molecule has 4 nitrogen and oxygen atoms in total. The second kappa shape index (κ2) is 6.07. The molecule has 22 heavy (non-hydrogen) atoms. The lowest BCUT2D eigenvalue weighted by atomic mass is 10.0. The number of rotatable bonds is 2. The average Bonchev–Trinajstić information content (AvgIpc) is 3.22. The summed E-state index contributed by atoms with van der Waals surface area (Å²) in [5.74, 6) is 0.559. The Morgan fingerprint density at radius 2 is 1.82 bits per heavy atom. The molecule has 0 unspecified atom stereocenters. The highest BCUT2D eigenvalue weighted by atomic mass is 32.2. The molecule has 0 aliphatic carbocycles. The molecule has 5 heteroatoms. The van der Waals surface area contributed by atoms with Crippen LogP contribution >= 0.6 is 11.8 Å². The monoisotopic (exact) mass is 316 g/mol. The number of aliphatic imine (C=N–C) groups is 1. The van der Waals surface area contributed by atoms with Crippen molar-refractivity contribution in [3.05, 3.63) is 34.7 Å². The summed E-state index contributed by atoms with van der Waals surface area (Å²) < 4.78 is 11.6. The molecule has 0 atom stereocenters. The molecule has 0 bridgehead atoms. The Morgan fingerprint density at radius 1 is 1.09 bits per heavy atom. The van der Waals surface area contributed by atoms with Gasteiger partial charge in [-0.25, -0.2) is 0 Å². The second-order valence-corrected chi connectivity index (χ2v) is 6.84. The van der Waals surface area contributed by atoms with Crippen LogP contribution in [0.3, 0.4) is 0 Å². The first-order valence-corrected chi connectivity index (χ1v) is 8.79. The molecule has 4 rings (SSSR count). The minimum absolute atomic E-state index is 0.292. The van der Waals surface area contributed by atoms with E-state index in [1.165, 1.54) is 16.2 Å². The van der Waals surface area contributed by atoms with Gasteiger partial charge in [-0.2, -0.15) is 0 Å². The van der Waals surface area contributed by atoms with E-state index in [9.17, 15) is 0 Å². The van der Waals surface area contributed by atoms with Crippen molar-refractivity contribution >= 4 is 29.7 Å². The molecule has 1 aromatic rings. The van der Waals surface area contributed by atoms with E-state index < -0.39 is 0 Å². The SMILES string of the molecule is C1=NCSC1=Cc1ccc(N2CCC3(CC2)OCCO3)cc1. The molecule has 0 radical (unpaired) electrons. The van der Waals surface area contributed by atoms with Gasteiger partial charge in [0.2, 0.25) is 0 Å². The topological polar surface area (TPSA) is 34.1 Å². The van der Waals surface area contributed by atoms with Gasteiger partial charge in [0.1, 0.15) is 0 Å². The molecule has 1 spiro atoms. The van der Waals surface area contributed by atoms with Crippen LogP contribution in [-0.4, -0.2) is 44.2 Å². The van der Waals surface area contributed by atoms with Gasteiger partial charge in [-0.1, -0.05) is 12.1 Å². The van der Waals surface area contributed by atoms with Gasteiger partial charge in [-0.3, -0.25) is 4.99 Å². The Hall–Kier alpha value is -1.30. The molecule has 0 saturated carbocycles. The van der Waals surface area contributed by atoms with Crippen LogP contribution in [0, 0.1) is 0 Å². The summed E-state index contributed by atoms with van der Waals surface area (Å²) in [4.78, 5) is 7.88. The summed E-state index contributed by atoms with van der Waals surface area (Å²) in [6, 6.07) is 8.78. The molecule has 0 aromatic heterocycles. The molecule has 1 aromatic carbocycles.